The van der Waals surface area contributed by atoms with E-state index in [-0.39, 0.29) is 17.6 Å². The lowest BCUT2D eigenvalue weighted by molar-refractivity contribution is 0.0984. The van der Waals surface area contributed by atoms with Crippen LogP contribution in [0.2, 0.25) is 0 Å². The topological polar surface area (TPSA) is 81.0 Å². The van der Waals surface area contributed by atoms with Crippen LogP contribution >= 0.6 is 0 Å². The van der Waals surface area contributed by atoms with Gasteiger partial charge < -0.3 is 19.5 Å². The lowest BCUT2D eigenvalue weighted by Crippen LogP contribution is -2.36. The largest absolute Gasteiger partial charge is 0.506 e. The van der Waals surface area contributed by atoms with Gasteiger partial charge in [-0.2, -0.15) is 0 Å². The molecule has 0 aliphatic heterocycles. The summed E-state index contributed by atoms with van der Waals surface area (Å²) in [5, 5.41) is 11.4. The summed E-state index contributed by atoms with van der Waals surface area (Å²) in [5.74, 6) is -0.642. The number of rotatable bonds is 6. The second-order valence-electron chi connectivity index (χ2n) is 7.47. The van der Waals surface area contributed by atoms with E-state index < -0.39 is 28.6 Å². The maximum Gasteiger partial charge on any atom is 0.272 e. The van der Waals surface area contributed by atoms with E-state index in [4.69, 9.17) is 9.47 Å². The third-order valence-electron chi connectivity index (χ3n) is 5.58. The highest BCUT2D eigenvalue weighted by atomic mass is 19.1. The Morgan fingerprint density at radius 3 is 2.29 bits per heavy atom. The van der Waals surface area contributed by atoms with E-state index in [1.54, 1.807) is 55.5 Å². The fourth-order valence-corrected chi connectivity index (χ4v) is 3.88. The minimum atomic E-state index is -0.740. The third-order valence-corrected chi connectivity index (χ3v) is 5.58. The first kappa shape index (κ1) is 22.8. The summed E-state index contributed by atoms with van der Waals surface area (Å²) in [6, 6.07) is 17.0. The Morgan fingerprint density at radius 1 is 1.00 bits per heavy atom. The molecule has 3 aromatic carbocycles. The Morgan fingerprint density at radius 2 is 1.68 bits per heavy atom. The van der Waals surface area contributed by atoms with Gasteiger partial charge in [0.15, 0.2) is 0 Å². The standard InChI is InChI=1S/C26H23FN2O5/c1-4-28(18-7-5-6-16(27)14-18)25(31)23-24(30)21-13-12-20(34-3)15-22(21)29(26(23)32)17-8-10-19(33-2)11-9-17/h5-15,30H,4H2,1-3H3. The highest BCUT2D eigenvalue weighted by Crippen LogP contribution is 2.32. The van der Waals surface area contributed by atoms with Crippen LogP contribution in [0.1, 0.15) is 17.3 Å². The van der Waals surface area contributed by atoms with Crippen LogP contribution in [-0.2, 0) is 0 Å². The Labute approximate surface area is 195 Å². The molecule has 1 aromatic heterocycles. The molecule has 7 nitrogen and oxygen atoms in total. The van der Waals surface area contributed by atoms with Gasteiger partial charge in [0, 0.05) is 29.4 Å². The molecule has 0 fully saturated rings. The van der Waals surface area contributed by atoms with Crippen LogP contribution in [0, 0.1) is 5.82 Å². The molecule has 0 saturated heterocycles. The third kappa shape index (κ3) is 3.94. The number of hydrogen-bond donors (Lipinski definition) is 1. The molecular weight excluding hydrogens is 439 g/mol. The molecule has 34 heavy (non-hydrogen) atoms. The van der Waals surface area contributed by atoms with Crippen molar-refractivity contribution in [3.8, 4) is 22.9 Å². The summed E-state index contributed by atoms with van der Waals surface area (Å²) in [6.45, 7) is 1.86. The molecule has 174 valence electrons. The molecule has 4 aromatic rings. The second-order valence-corrected chi connectivity index (χ2v) is 7.47. The van der Waals surface area contributed by atoms with E-state index in [1.165, 1.54) is 41.9 Å². The Bertz CT molecular complexity index is 1430. The minimum Gasteiger partial charge on any atom is -0.506 e. The number of pyridine rings is 1. The number of aromatic hydroxyl groups is 1. The molecule has 0 aliphatic carbocycles. The molecule has 0 saturated carbocycles. The average Bonchev–Trinajstić information content (AvgIpc) is 2.84. The molecule has 1 N–H and O–H groups in total. The number of amides is 1. The van der Waals surface area contributed by atoms with Gasteiger partial charge in [-0.1, -0.05) is 6.07 Å². The number of halogens is 1. The van der Waals surface area contributed by atoms with E-state index in [2.05, 4.69) is 0 Å². The number of carbonyl (C=O) groups is 1. The number of anilines is 1. The van der Waals surface area contributed by atoms with Gasteiger partial charge in [0.2, 0.25) is 0 Å². The van der Waals surface area contributed by atoms with Crippen molar-refractivity contribution in [3.63, 3.8) is 0 Å². The smallest absolute Gasteiger partial charge is 0.272 e. The molecule has 0 aliphatic rings. The SMILES string of the molecule is CCN(C(=O)c1c(O)c2ccc(OC)cc2n(-c2ccc(OC)cc2)c1=O)c1cccc(F)c1. The molecule has 0 spiro atoms. The van der Waals surface area contributed by atoms with Crippen molar-refractivity contribution < 1.29 is 23.8 Å². The lowest BCUT2D eigenvalue weighted by atomic mass is 10.1. The van der Waals surface area contributed by atoms with Crippen LogP contribution < -0.4 is 19.9 Å². The maximum absolute atomic E-state index is 13.8. The van der Waals surface area contributed by atoms with Gasteiger partial charge in [-0.3, -0.25) is 14.2 Å². The second kappa shape index (κ2) is 9.27. The quantitative estimate of drug-likeness (QED) is 0.456. The van der Waals surface area contributed by atoms with Crippen molar-refractivity contribution >= 4 is 22.5 Å². The predicted octanol–water partition coefficient (Wildman–Crippen LogP) is 4.52. The molecule has 0 bridgehead atoms. The number of benzene rings is 3. The van der Waals surface area contributed by atoms with Gasteiger partial charge >= 0.3 is 0 Å². The fourth-order valence-electron chi connectivity index (χ4n) is 3.88. The zero-order valence-corrected chi connectivity index (χ0v) is 18.9. The van der Waals surface area contributed by atoms with Crippen molar-refractivity contribution in [2.45, 2.75) is 6.92 Å². The number of ether oxygens (including phenoxy) is 2. The summed E-state index contributed by atoms with van der Waals surface area (Å²) >= 11 is 0. The van der Waals surface area contributed by atoms with Crippen LogP contribution in [0.15, 0.2) is 71.5 Å². The van der Waals surface area contributed by atoms with Gasteiger partial charge in [-0.15, -0.1) is 0 Å². The first-order chi connectivity index (χ1) is 16.4. The first-order valence-electron chi connectivity index (χ1n) is 10.6. The van der Waals surface area contributed by atoms with Gasteiger partial charge in [-0.25, -0.2) is 4.39 Å². The molecule has 4 rings (SSSR count). The zero-order chi connectivity index (χ0) is 24.4. The summed E-state index contributed by atoms with van der Waals surface area (Å²) < 4.78 is 25.7. The average molecular weight is 462 g/mol. The van der Waals surface area contributed by atoms with Crippen molar-refractivity contribution in [1.82, 2.24) is 4.57 Å². The molecule has 0 radical (unpaired) electrons. The number of aromatic nitrogens is 1. The van der Waals surface area contributed by atoms with E-state index in [0.717, 1.165) is 0 Å². The van der Waals surface area contributed by atoms with E-state index in [0.29, 0.717) is 22.7 Å². The van der Waals surface area contributed by atoms with Crippen molar-refractivity contribution in [2.75, 3.05) is 25.7 Å². The molecule has 1 heterocycles. The van der Waals surface area contributed by atoms with Crippen LogP contribution in [0.25, 0.3) is 16.6 Å². The highest BCUT2D eigenvalue weighted by molar-refractivity contribution is 6.10. The Kier molecular flexibility index (Phi) is 6.23. The van der Waals surface area contributed by atoms with Gasteiger partial charge in [-0.05, 0) is 61.5 Å². The van der Waals surface area contributed by atoms with Crippen molar-refractivity contribution in [2.24, 2.45) is 0 Å². The molecule has 0 unspecified atom stereocenters. The number of carbonyl (C=O) groups excluding carboxylic acids is 1. The Balaban J connectivity index is 2.00. The van der Waals surface area contributed by atoms with Crippen LogP contribution in [0.5, 0.6) is 17.2 Å². The highest BCUT2D eigenvalue weighted by Gasteiger charge is 2.27. The monoisotopic (exact) mass is 462 g/mol. The molecule has 8 heteroatoms. The van der Waals surface area contributed by atoms with Crippen molar-refractivity contribution in [3.05, 3.63) is 88.5 Å². The summed E-state index contributed by atoms with van der Waals surface area (Å²) in [6.07, 6.45) is 0. The van der Waals surface area contributed by atoms with Gasteiger partial charge in [0.1, 0.15) is 28.6 Å². The van der Waals surface area contributed by atoms with E-state index >= 15 is 0 Å². The number of hydrogen-bond acceptors (Lipinski definition) is 5. The minimum absolute atomic E-state index is 0.157. The van der Waals surface area contributed by atoms with Crippen LogP contribution in [0.4, 0.5) is 10.1 Å². The van der Waals surface area contributed by atoms with Crippen LogP contribution in [-0.4, -0.2) is 36.3 Å². The molecular formula is C26H23FN2O5. The van der Waals surface area contributed by atoms with Gasteiger partial charge in [0.05, 0.1) is 19.7 Å². The van der Waals surface area contributed by atoms with Gasteiger partial charge in [0.25, 0.3) is 11.5 Å². The fraction of sp³-hybridized carbons (Fsp3) is 0.154. The zero-order valence-electron chi connectivity index (χ0n) is 18.9. The summed E-state index contributed by atoms with van der Waals surface area (Å²) in [5.41, 5.74) is -0.0377. The molecule has 1 amide bonds. The number of methoxy groups -OCH3 is 2. The predicted molar refractivity (Wildman–Crippen MR) is 128 cm³/mol. The van der Waals surface area contributed by atoms with Crippen LogP contribution in [0.3, 0.4) is 0 Å². The Hall–Kier alpha value is -4.33. The first-order valence-corrected chi connectivity index (χ1v) is 10.6. The normalized spacial score (nSPS) is 10.8. The number of nitrogens with zero attached hydrogens (tertiary/aromatic N) is 2. The lowest BCUT2D eigenvalue weighted by Gasteiger charge is -2.23. The maximum atomic E-state index is 13.8. The van der Waals surface area contributed by atoms with E-state index in [1.807, 2.05) is 0 Å². The summed E-state index contributed by atoms with van der Waals surface area (Å²) in [7, 11) is 3.03. The number of fused-ring (bicyclic) bond motifs is 1. The van der Waals surface area contributed by atoms with Crippen molar-refractivity contribution in [1.29, 1.82) is 0 Å². The molecule has 0 atom stereocenters. The summed E-state index contributed by atoms with van der Waals surface area (Å²) in [4.78, 5) is 28.5. The van der Waals surface area contributed by atoms with E-state index in [9.17, 15) is 19.1 Å².